The van der Waals surface area contributed by atoms with E-state index >= 15 is 0 Å². The van der Waals surface area contributed by atoms with E-state index in [0.29, 0.717) is 18.1 Å². The van der Waals surface area contributed by atoms with E-state index < -0.39 is 11.7 Å². The summed E-state index contributed by atoms with van der Waals surface area (Å²) in [5, 5.41) is 5.23. The molecule has 1 amide bonds. The highest BCUT2D eigenvalue weighted by molar-refractivity contribution is 7.11. The summed E-state index contributed by atoms with van der Waals surface area (Å²) in [4.78, 5) is 30.0. The number of likely N-dealkylation sites (tertiary alicyclic amines) is 1. The van der Waals surface area contributed by atoms with Crippen LogP contribution in [0.25, 0.3) is 0 Å². The third-order valence-electron chi connectivity index (χ3n) is 3.26. The maximum Gasteiger partial charge on any atom is 0.407 e. The van der Waals surface area contributed by atoms with Crippen molar-refractivity contribution >= 4 is 23.2 Å². The monoisotopic (exact) mass is 325 g/mol. The lowest BCUT2D eigenvalue weighted by Crippen LogP contribution is -2.49. The van der Waals surface area contributed by atoms with Gasteiger partial charge in [-0.1, -0.05) is 0 Å². The molecule has 1 saturated heterocycles. The fourth-order valence-electron chi connectivity index (χ4n) is 2.42. The molecule has 1 fully saturated rings. The van der Waals surface area contributed by atoms with E-state index in [1.807, 2.05) is 20.8 Å². The summed E-state index contributed by atoms with van der Waals surface area (Å²) in [5.74, 6) is 0.0351. The van der Waals surface area contributed by atoms with Gasteiger partial charge in [-0.15, -0.1) is 11.3 Å². The fraction of sp³-hybridized carbons (Fsp3) is 0.667. The van der Waals surface area contributed by atoms with E-state index in [-0.39, 0.29) is 11.8 Å². The van der Waals surface area contributed by atoms with Crippen molar-refractivity contribution in [3.8, 4) is 0 Å². The third kappa shape index (κ3) is 5.38. The number of aromatic nitrogens is 1. The molecule has 0 spiro atoms. The van der Waals surface area contributed by atoms with Crippen LogP contribution in [0.4, 0.5) is 4.79 Å². The first-order valence-electron chi connectivity index (χ1n) is 7.48. The zero-order valence-electron chi connectivity index (χ0n) is 13.3. The van der Waals surface area contributed by atoms with Gasteiger partial charge in [-0.25, -0.2) is 9.78 Å². The molecule has 2 heterocycles. The maximum absolute atomic E-state index is 12.1. The molecule has 1 aromatic rings. The number of Topliss-reactive ketones (excluding diaryl/α,β-unsaturated/α-hetero) is 1. The number of thiazole rings is 1. The Morgan fingerprint density at radius 3 is 2.91 bits per heavy atom. The predicted molar refractivity (Wildman–Crippen MR) is 85.3 cm³/mol. The van der Waals surface area contributed by atoms with E-state index in [9.17, 15) is 9.59 Å². The summed E-state index contributed by atoms with van der Waals surface area (Å²) >= 11 is 1.36. The van der Waals surface area contributed by atoms with E-state index in [0.717, 1.165) is 19.4 Å². The van der Waals surface area contributed by atoms with Gasteiger partial charge in [0.2, 0.25) is 5.78 Å². The Hall–Kier alpha value is -1.47. The van der Waals surface area contributed by atoms with Gasteiger partial charge in [-0.05, 0) is 40.2 Å². The lowest BCUT2D eigenvalue weighted by atomic mass is 10.1. The topological polar surface area (TPSA) is 71.5 Å². The Bertz CT molecular complexity index is 511. The molecule has 2 rings (SSSR count). The van der Waals surface area contributed by atoms with Crippen molar-refractivity contribution in [3.63, 3.8) is 0 Å². The van der Waals surface area contributed by atoms with Gasteiger partial charge in [0.1, 0.15) is 5.60 Å². The second kappa shape index (κ2) is 7.19. The van der Waals surface area contributed by atoms with Crippen LogP contribution in [-0.4, -0.2) is 53.0 Å². The highest BCUT2D eigenvalue weighted by Crippen LogP contribution is 2.14. The van der Waals surface area contributed by atoms with Gasteiger partial charge < -0.3 is 10.1 Å². The minimum atomic E-state index is -0.501. The number of hydrogen-bond donors (Lipinski definition) is 1. The minimum Gasteiger partial charge on any atom is -0.444 e. The molecule has 0 aliphatic carbocycles. The minimum absolute atomic E-state index is 0.0210. The Morgan fingerprint density at radius 2 is 2.27 bits per heavy atom. The molecule has 1 aliphatic heterocycles. The van der Waals surface area contributed by atoms with Gasteiger partial charge in [-0.3, -0.25) is 9.69 Å². The van der Waals surface area contributed by atoms with Crippen molar-refractivity contribution in [2.45, 2.75) is 45.3 Å². The van der Waals surface area contributed by atoms with Crippen molar-refractivity contribution in [3.05, 3.63) is 16.6 Å². The summed E-state index contributed by atoms with van der Waals surface area (Å²) in [7, 11) is 0. The number of carbonyl (C=O) groups is 2. The average molecular weight is 325 g/mol. The Morgan fingerprint density at radius 1 is 1.50 bits per heavy atom. The van der Waals surface area contributed by atoms with Crippen molar-refractivity contribution in [2.24, 2.45) is 0 Å². The standard InChI is InChI=1S/C15H23N3O3S/c1-15(2,3)21-14(20)17-11-5-4-7-18(9-11)10-12(19)13-16-6-8-22-13/h6,8,11H,4-5,7,9-10H2,1-3H3,(H,17,20)/t11-/m1/s1. The second-order valence-corrected chi connectivity index (χ2v) is 7.38. The van der Waals surface area contributed by atoms with Crippen LogP contribution in [0, 0.1) is 0 Å². The van der Waals surface area contributed by atoms with Crippen LogP contribution < -0.4 is 5.32 Å². The number of carbonyl (C=O) groups excluding carboxylic acids is 2. The van der Waals surface area contributed by atoms with Gasteiger partial charge in [0.25, 0.3) is 0 Å². The molecule has 0 radical (unpaired) electrons. The van der Waals surface area contributed by atoms with Gasteiger partial charge in [0, 0.05) is 24.2 Å². The Labute approximate surface area is 134 Å². The molecule has 0 unspecified atom stereocenters. The number of hydrogen-bond acceptors (Lipinski definition) is 6. The molecule has 122 valence electrons. The highest BCUT2D eigenvalue weighted by atomic mass is 32.1. The molecule has 0 bridgehead atoms. The zero-order chi connectivity index (χ0) is 16.2. The van der Waals surface area contributed by atoms with Crippen LogP contribution in [0.1, 0.15) is 43.4 Å². The summed E-state index contributed by atoms with van der Waals surface area (Å²) in [6, 6.07) is 0.0210. The number of piperidine rings is 1. The number of nitrogens with zero attached hydrogens (tertiary/aromatic N) is 2. The quantitative estimate of drug-likeness (QED) is 0.860. The van der Waals surface area contributed by atoms with Crippen LogP contribution in [0.2, 0.25) is 0 Å². The van der Waals surface area contributed by atoms with Gasteiger partial charge in [0.05, 0.1) is 6.54 Å². The molecule has 6 nitrogen and oxygen atoms in total. The maximum atomic E-state index is 12.1. The fourth-order valence-corrected chi connectivity index (χ4v) is 2.99. The molecular formula is C15H23N3O3S. The smallest absolute Gasteiger partial charge is 0.407 e. The van der Waals surface area contributed by atoms with Crippen molar-refractivity contribution in [1.82, 2.24) is 15.2 Å². The summed E-state index contributed by atoms with van der Waals surface area (Å²) < 4.78 is 5.27. The number of ether oxygens (including phenoxy) is 1. The Kier molecular flexibility index (Phi) is 5.52. The number of amides is 1. The lowest BCUT2D eigenvalue weighted by molar-refractivity contribution is 0.0473. The number of alkyl carbamates (subject to hydrolysis) is 1. The largest absolute Gasteiger partial charge is 0.444 e. The number of ketones is 1. The Balaban J connectivity index is 1.81. The summed E-state index contributed by atoms with van der Waals surface area (Å²) in [5.41, 5.74) is -0.501. The SMILES string of the molecule is CC(C)(C)OC(=O)N[C@@H]1CCCN(CC(=O)c2nccs2)C1. The summed E-state index contributed by atoms with van der Waals surface area (Å²) in [6.07, 6.45) is 3.10. The lowest BCUT2D eigenvalue weighted by Gasteiger charge is -2.32. The van der Waals surface area contributed by atoms with E-state index in [2.05, 4.69) is 15.2 Å². The van der Waals surface area contributed by atoms with E-state index in [4.69, 9.17) is 4.74 Å². The van der Waals surface area contributed by atoms with Gasteiger partial charge >= 0.3 is 6.09 Å². The van der Waals surface area contributed by atoms with Gasteiger partial charge in [0.15, 0.2) is 5.01 Å². The molecule has 22 heavy (non-hydrogen) atoms. The van der Waals surface area contributed by atoms with Crippen LogP contribution >= 0.6 is 11.3 Å². The molecule has 1 aliphatic rings. The number of nitrogens with one attached hydrogen (secondary N) is 1. The van der Waals surface area contributed by atoms with Crippen LogP contribution in [0.5, 0.6) is 0 Å². The second-order valence-electron chi connectivity index (χ2n) is 6.48. The third-order valence-corrected chi connectivity index (χ3v) is 4.08. The summed E-state index contributed by atoms with van der Waals surface area (Å²) in [6.45, 7) is 7.39. The molecule has 0 saturated carbocycles. The molecule has 1 aromatic heterocycles. The van der Waals surface area contributed by atoms with E-state index in [1.165, 1.54) is 11.3 Å². The van der Waals surface area contributed by atoms with Crippen molar-refractivity contribution < 1.29 is 14.3 Å². The van der Waals surface area contributed by atoms with Crippen LogP contribution in [0.15, 0.2) is 11.6 Å². The predicted octanol–water partition coefficient (Wildman–Crippen LogP) is 2.31. The number of rotatable bonds is 4. The molecule has 0 aromatic carbocycles. The van der Waals surface area contributed by atoms with Crippen LogP contribution in [-0.2, 0) is 4.74 Å². The van der Waals surface area contributed by atoms with Gasteiger partial charge in [-0.2, -0.15) is 0 Å². The zero-order valence-corrected chi connectivity index (χ0v) is 14.1. The first-order valence-corrected chi connectivity index (χ1v) is 8.36. The highest BCUT2D eigenvalue weighted by Gasteiger charge is 2.25. The molecule has 7 heteroatoms. The average Bonchev–Trinajstić information content (AvgIpc) is 2.90. The molecular weight excluding hydrogens is 302 g/mol. The molecule has 1 N–H and O–H groups in total. The van der Waals surface area contributed by atoms with Crippen LogP contribution in [0.3, 0.4) is 0 Å². The molecule has 1 atom stereocenters. The first kappa shape index (κ1) is 16.9. The first-order chi connectivity index (χ1) is 10.3. The van der Waals surface area contributed by atoms with Crippen molar-refractivity contribution in [2.75, 3.05) is 19.6 Å². The van der Waals surface area contributed by atoms with E-state index in [1.54, 1.807) is 11.6 Å². The van der Waals surface area contributed by atoms with Crippen molar-refractivity contribution in [1.29, 1.82) is 0 Å². The normalized spacial score (nSPS) is 19.7.